The smallest absolute Gasteiger partial charge is 0.289 e. The molecule has 0 spiro atoms. The highest BCUT2D eigenvalue weighted by Gasteiger charge is 2.21. The van der Waals surface area contributed by atoms with Crippen LogP contribution in [0.4, 0.5) is 0 Å². The molecule has 1 atom stereocenters. The van der Waals surface area contributed by atoms with Crippen molar-refractivity contribution < 1.29 is 9.32 Å². The number of rotatable bonds is 7. The molecule has 26 heavy (non-hydrogen) atoms. The van der Waals surface area contributed by atoms with Crippen LogP contribution in [0.15, 0.2) is 40.9 Å². The van der Waals surface area contributed by atoms with Crippen LogP contribution in [0, 0.1) is 5.92 Å². The number of carbonyl (C=O) groups is 1. The van der Waals surface area contributed by atoms with Gasteiger partial charge in [-0.1, -0.05) is 49.3 Å². The highest BCUT2D eigenvalue weighted by molar-refractivity contribution is 5.91. The van der Waals surface area contributed by atoms with Crippen molar-refractivity contribution >= 4 is 5.91 Å². The number of hydrogen-bond acceptors (Lipinski definition) is 4. The van der Waals surface area contributed by atoms with Gasteiger partial charge in [0.1, 0.15) is 0 Å². The van der Waals surface area contributed by atoms with E-state index in [-0.39, 0.29) is 5.91 Å². The lowest BCUT2D eigenvalue weighted by Gasteiger charge is -2.33. The van der Waals surface area contributed by atoms with Gasteiger partial charge in [0, 0.05) is 25.7 Å². The number of piperidine rings is 1. The number of nitrogens with one attached hydrogen (secondary N) is 1. The molecule has 0 aliphatic carbocycles. The van der Waals surface area contributed by atoms with Crippen LogP contribution in [-0.4, -0.2) is 42.1 Å². The molecule has 1 N–H and O–H groups in total. The fraction of sp³-hybridized carbons (Fsp3) is 0.524. The second-order valence-electron chi connectivity index (χ2n) is 7.59. The van der Waals surface area contributed by atoms with E-state index in [1.807, 2.05) is 0 Å². The fourth-order valence-electron chi connectivity index (χ4n) is 3.60. The molecule has 3 rings (SSSR count). The van der Waals surface area contributed by atoms with Crippen molar-refractivity contribution in [1.82, 2.24) is 15.4 Å². The van der Waals surface area contributed by atoms with Crippen LogP contribution < -0.4 is 5.32 Å². The van der Waals surface area contributed by atoms with Crippen molar-refractivity contribution in [3.63, 3.8) is 0 Å². The quantitative estimate of drug-likeness (QED) is 0.826. The largest absolute Gasteiger partial charge is 0.351 e. The molecule has 0 bridgehead atoms. The zero-order valence-electron chi connectivity index (χ0n) is 15.8. The Labute approximate surface area is 155 Å². The highest BCUT2D eigenvalue weighted by atomic mass is 16.5. The summed E-state index contributed by atoms with van der Waals surface area (Å²) in [6.45, 7) is 7.88. The first-order valence-electron chi connectivity index (χ1n) is 9.63. The van der Waals surface area contributed by atoms with E-state index in [0.717, 1.165) is 31.7 Å². The monoisotopic (exact) mass is 355 g/mol. The minimum absolute atomic E-state index is 0.177. The third kappa shape index (κ3) is 5.18. The maximum Gasteiger partial charge on any atom is 0.289 e. The molecule has 1 aromatic carbocycles. The first kappa shape index (κ1) is 18.6. The average molecular weight is 355 g/mol. The third-order valence-electron chi connectivity index (χ3n) is 4.89. The van der Waals surface area contributed by atoms with Gasteiger partial charge in [-0.05, 0) is 43.2 Å². The Morgan fingerprint density at radius 1 is 1.35 bits per heavy atom. The first-order chi connectivity index (χ1) is 12.6. The Kier molecular flexibility index (Phi) is 6.45. The van der Waals surface area contributed by atoms with Gasteiger partial charge in [-0.2, -0.15) is 0 Å². The van der Waals surface area contributed by atoms with Crippen molar-refractivity contribution in [1.29, 1.82) is 0 Å². The van der Waals surface area contributed by atoms with Gasteiger partial charge in [0.25, 0.3) is 5.91 Å². The van der Waals surface area contributed by atoms with Gasteiger partial charge >= 0.3 is 0 Å². The molecule has 1 saturated heterocycles. The number of nitrogens with zero attached hydrogens (tertiary/aromatic N) is 2. The van der Waals surface area contributed by atoms with Gasteiger partial charge in [-0.3, -0.25) is 4.79 Å². The molecule has 1 aromatic heterocycles. The van der Waals surface area contributed by atoms with Crippen molar-refractivity contribution in [2.45, 2.75) is 39.0 Å². The Hall–Kier alpha value is -2.14. The van der Waals surface area contributed by atoms with E-state index in [2.05, 4.69) is 59.6 Å². The summed E-state index contributed by atoms with van der Waals surface area (Å²) in [5.74, 6) is 1.21. The Bertz CT molecular complexity index is 696. The number of carbonyl (C=O) groups excluding carboxylic acids is 1. The molecule has 1 amide bonds. The molecule has 1 aliphatic rings. The molecule has 2 aromatic rings. The van der Waals surface area contributed by atoms with E-state index >= 15 is 0 Å². The van der Waals surface area contributed by atoms with Crippen molar-refractivity contribution in [3.05, 3.63) is 53.4 Å². The summed E-state index contributed by atoms with van der Waals surface area (Å²) in [5, 5.41) is 6.93. The Morgan fingerprint density at radius 2 is 2.15 bits per heavy atom. The van der Waals surface area contributed by atoms with Crippen LogP contribution in [0.2, 0.25) is 0 Å². The van der Waals surface area contributed by atoms with Crippen molar-refractivity contribution in [2.24, 2.45) is 5.92 Å². The Balaban J connectivity index is 1.44. The lowest BCUT2D eigenvalue weighted by molar-refractivity contribution is 0.0908. The maximum atomic E-state index is 12.2. The van der Waals surface area contributed by atoms with Crippen LogP contribution in [0.1, 0.15) is 54.4 Å². The van der Waals surface area contributed by atoms with Crippen LogP contribution in [0.3, 0.4) is 0 Å². The van der Waals surface area contributed by atoms with Gasteiger partial charge in [-0.25, -0.2) is 0 Å². The van der Waals surface area contributed by atoms with Crippen LogP contribution in [0.25, 0.3) is 0 Å². The van der Waals surface area contributed by atoms with Gasteiger partial charge in [0.15, 0.2) is 0 Å². The van der Waals surface area contributed by atoms with E-state index in [9.17, 15) is 4.79 Å². The zero-order valence-corrected chi connectivity index (χ0v) is 15.8. The van der Waals surface area contributed by atoms with Gasteiger partial charge < -0.3 is 14.7 Å². The summed E-state index contributed by atoms with van der Waals surface area (Å²) in [4.78, 5) is 14.6. The van der Waals surface area contributed by atoms with Crippen molar-refractivity contribution in [2.75, 3.05) is 26.2 Å². The molecule has 5 heteroatoms. The van der Waals surface area contributed by atoms with E-state index in [1.165, 1.54) is 18.4 Å². The zero-order chi connectivity index (χ0) is 18.4. The predicted octanol–water partition coefficient (Wildman–Crippen LogP) is 3.48. The SMILES string of the molecule is CC(C)Cc1cc(C(=O)NCCN2CCC[C@@H](c3ccccc3)C2)on1. The molecular weight excluding hydrogens is 326 g/mol. The van der Waals surface area contributed by atoms with E-state index in [0.29, 0.717) is 24.1 Å². The maximum absolute atomic E-state index is 12.2. The molecule has 140 valence electrons. The summed E-state index contributed by atoms with van der Waals surface area (Å²) in [5.41, 5.74) is 2.26. The van der Waals surface area contributed by atoms with E-state index < -0.39 is 0 Å². The van der Waals surface area contributed by atoms with Crippen molar-refractivity contribution in [3.8, 4) is 0 Å². The summed E-state index contributed by atoms with van der Waals surface area (Å²) in [7, 11) is 0. The summed E-state index contributed by atoms with van der Waals surface area (Å²) < 4.78 is 5.17. The standard InChI is InChI=1S/C21H29N3O2/c1-16(2)13-19-14-20(26-23-19)21(25)22-10-12-24-11-6-9-18(15-24)17-7-4-3-5-8-17/h3-5,7-8,14,16,18H,6,9-13,15H2,1-2H3,(H,22,25)/t18-/m1/s1. The lowest BCUT2D eigenvalue weighted by Crippen LogP contribution is -2.40. The molecule has 1 aliphatic heterocycles. The normalized spacial score (nSPS) is 18.2. The number of aromatic nitrogens is 1. The van der Waals surface area contributed by atoms with Gasteiger partial charge in [-0.15, -0.1) is 0 Å². The van der Waals surface area contributed by atoms with Crippen LogP contribution in [0.5, 0.6) is 0 Å². The lowest BCUT2D eigenvalue weighted by atomic mass is 9.91. The summed E-state index contributed by atoms with van der Waals surface area (Å²) in [6, 6.07) is 12.5. The molecular formula is C21H29N3O2. The van der Waals surface area contributed by atoms with E-state index in [4.69, 9.17) is 4.52 Å². The second kappa shape index (κ2) is 8.99. The second-order valence-corrected chi connectivity index (χ2v) is 7.59. The molecule has 0 radical (unpaired) electrons. The minimum atomic E-state index is -0.177. The van der Waals surface area contributed by atoms with Crippen LogP contribution >= 0.6 is 0 Å². The highest BCUT2D eigenvalue weighted by Crippen LogP contribution is 2.26. The topological polar surface area (TPSA) is 58.4 Å². The molecule has 1 fully saturated rings. The van der Waals surface area contributed by atoms with E-state index in [1.54, 1.807) is 6.07 Å². The predicted molar refractivity (Wildman–Crippen MR) is 102 cm³/mol. The number of likely N-dealkylation sites (tertiary alicyclic amines) is 1. The fourth-order valence-corrected chi connectivity index (χ4v) is 3.60. The molecule has 0 saturated carbocycles. The number of benzene rings is 1. The Morgan fingerprint density at radius 3 is 2.92 bits per heavy atom. The summed E-state index contributed by atoms with van der Waals surface area (Å²) >= 11 is 0. The average Bonchev–Trinajstić information content (AvgIpc) is 3.10. The molecule has 0 unspecified atom stereocenters. The molecule has 2 heterocycles. The third-order valence-corrected chi connectivity index (χ3v) is 4.89. The van der Waals surface area contributed by atoms with Gasteiger partial charge in [0.05, 0.1) is 5.69 Å². The first-order valence-corrected chi connectivity index (χ1v) is 9.63. The number of amides is 1. The number of hydrogen-bond donors (Lipinski definition) is 1. The minimum Gasteiger partial charge on any atom is -0.351 e. The summed E-state index contributed by atoms with van der Waals surface area (Å²) in [6.07, 6.45) is 3.27. The van der Waals surface area contributed by atoms with Crippen LogP contribution in [-0.2, 0) is 6.42 Å². The molecule has 5 nitrogen and oxygen atoms in total. The van der Waals surface area contributed by atoms with Gasteiger partial charge in [0.2, 0.25) is 5.76 Å².